The van der Waals surface area contributed by atoms with E-state index >= 15 is 0 Å². The van der Waals surface area contributed by atoms with Crippen LogP contribution in [-0.4, -0.2) is 35.8 Å². The summed E-state index contributed by atoms with van der Waals surface area (Å²) in [6.07, 6.45) is -8.04. The van der Waals surface area contributed by atoms with E-state index in [9.17, 15) is 26.7 Å². The van der Waals surface area contributed by atoms with Crippen LogP contribution in [0, 0.1) is 0 Å². The highest BCUT2D eigenvalue weighted by Crippen LogP contribution is 2.50. The molecule has 0 fully saturated rings. The highest BCUT2D eigenvalue weighted by molar-refractivity contribution is 7.14. The molecule has 1 N–H and O–H groups in total. The van der Waals surface area contributed by atoms with Crippen molar-refractivity contribution in [2.75, 3.05) is 6.54 Å². The third kappa shape index (κ3) is 4.25. The van der Waals surface area contributed by atoms with Crippen molar-refractivity contribution in [3.63, 3.8) is 0 Å². The Kier molecular flexibility index (Phi) is 6.01. The zero-order valence-corrected chi connectivity index (χ0v) is 18.3. The van der Waals surface area contributed by atoms with Crippen LogP contribution in [-0.2, 0) is 23.5 Å². The van der Waals surface area contributed by atoms with Gasteiger partial charge in [0.05, 0.1) is 24.4 Å². The summed E-state index contributed by atoms with van der Waals surface area (Å²) >= 11 is 12.9. The molecule has 0 radical (unpaired) electrons. The lowest BCUT2D eigenvalue weighted by Crippen LogP contribution is -2.43. The van der Waals surface area contributed by atoms with Crippen LogP contribution in [0.2, 0.25) is 10.0 Å². The Morgan fingerprint density at radius 1 is 1.22 bits per heavy atom. The molecular weight excluding hydrogens is 500 g/mol. The molecule has 4 rings (SSSR count). The number of carbonyl (C=O) groups is 1. The third-order valence-corrected chi connectivity index (χ3v) is 6.70. The van der Waals surface area contributed by atoms with E-state index in [4.69, 9.17) is 28.0 Å². The zero-order valence-electron chi connectivity index (χ0n) is 16.0. The molecule has 2 aliphatic rings. The maximum atomic E-state index is 14.1. The Morgan fingerprint density at radius 2 is 1.91 bits per heavy atom. The lowest BCUT2D eigenvalue weighted by Gasteiger charge is -2.30. The zero-order chi connectivity index (χ0) is 23.3. The van der Waals surface area contributed by atoms with Gasteiger partial charge in [0.25, 0.3) is 17.9 Å². The normalized spacial score (nSPS) is 20.4. The van der Waals surface area contributed by atoms with E-state index in [1.165, 1.54) is 6.07 Å². The number of amides is 1. The quantitative estimate of drug-likeness (QED) is 0.544. The minimum Gasteiger partial charge on any atom is -0.372 e. The van der Waals surface area contributed by atoms with Gasteiger partial charge in [0.1, 0.15) is 5.84 Å². The highest BCUT2D eigenvalue weighted by atomic mass is 35.5. The maximum absolute atomic E-state index is 14.1. The summed E-state index contributed by atoms with van der Waals surface area (Å²) in [5.41, 5.74) is -2.27. The van der Waals surface area contributed by atoms with Gasteiger partial charge in [-0.25, -0.2) is 8.78 Å². The molecule has 0 bridgehead atoms. The number of halogens is 7. The van der Waals surface area contributed by atoms with E-state index in [2.05, 4.69) is 10.5 Å². The molecule has 13 heteroatoms. The van der Waals surface area contributed by atoms with Crippen LogP contribution in [0.1, 0.15) is 32.1 Å². The maximum Gasteiger partial charge on any atom is 0.435 e. The fourth-order valence-corrected chi connectivity index (χ4v) is 5.20. The van der Waals surface area contributed by atoms with Gasteiger partial charge in [-0.1, -0.05) is 28.4 Å². The lowest BCUT2D eigenvalue weighted by atomic mass is 9.89. The Labute approximate surface area is 192 Å². The number of fused-ring (bicyclic) bond motifs is 1. The van der Waals surface area contributed by atoms with Gasteiger partial charge in [0.2, 0.25) is 0 Å². The Balaban J connectivity index is 1.50. The molecule has 3 heterocycles. The number of thiophene rings is 1. The van der Waals surface area contributed by atoms with Crippen LogP contribution in [0.5, 0.6) is 0 Å². The number of rotatable bonds is 4. The Bertz CT molecular complexity index is 1050. The van der Waals surface area contributed by atoms with Gasteiger partial charge in [-0.3, -0.25) is 4.79 Å². The first-order valence-electron chi connectivity index (χ1n) is 9.20. The standard InChI is InChI=1S/C19H14Cl2F5N3O2S/c20-11-2-10(3-12(21)4-11)18(19(24,25)26)5-16(28-31-18)29-7-9-1-13(32-14(9)8-29)17(30)27-6-15(22)23/h1-4,15H,5-8H2,(H,27,30). The van der Waals surface area contributed by atoms with E-state index in [-0.39, 0.29) is 39.4 Å². The number of carbonyl (C=O) groups excluding carboxylic acids is 1. The average Bonchev–Trinajstić information content (AvgIpc) is 3.37. The van der Waals surface area contributed by atoms with Crippen molar-refractivity contribution < 1.29 is 31.6 Å². The van der Waals surface area contributed by atoms with Gasteiger partial charge >= 0.3 is 6.18 Å². The summed E-state index contributed by atoms with van der Waals surface area (Å²) in [7, 11) is 0. The summed E-state index contributed by atoms with van der Waals surface area (Å²) in [5, 5.41) is 5.92. The first-order chi connectivity index (χ1) is 15.0. The molecule has 0 saturated heterocycles. The van der Waals surface area contributed by atoms with Crippen molar-refractivity contribution in [3.05, 3.63) is 55.2 Å². The molecular formula is C19H14Cl2F5N3O2S. The predicted octanol–water partition coefficient (Wildman–Crippen LogP) is 5.56. The van der Waals surface area contributed by atoms with Gasteiger partial charge in [0, 0.05) is 27.0 Å². The van der Waals surface area contributed by atoms with Crippen molar-refractivity contribution in [3.8, 4) is 0 Å². The molecule has 32 heavy (non-hydrogen) atoms. The van der Waals surface area contributed by atoms with Crippen LogP contribution in [0.15, 0.2) is 29.4 Å². The molecule has 5 nitrogen and oxygen atoms in total. The average molecular weight is 514 g/mol. The van der Waals surface area contributed by atoms with Crippen molar-refractivity contribution in [2.24, 2.45) is 5.16 Å². The Morgan fingerprint density at radius 3 is 2.50 bits per heavy atom. The predicted molar refractivity (Wildman–Crippen MR) is 109 cm³/mol. The van der Waals surface area contributed by atoms with Gasteiger partial charge in [-0.2, -0.15) is 13.2 Å². The number of hydrogen-bond donors (Lipinski definition) is 1. The van der Waals surface area contributed by atoms with Crippen molar-refractivity contribution in [1.29, 1.82) is 0 Å². The molecule has 1 amide bonds. The third-order valence-electron chi connectivity index (χ3n) is 5.10. The number of alkyl halides is 5. The molecule has 1 aromatic heterocycles. The van der Waals surface area contributed by atoms with Gasteiger partial charge in [-0.15, -0.1) is 11.3 Å². The van der Waals surface area contributed by atoms with Gasteiger partial charge < -0.3 is 15.1 Å². The van der Waals surface area contributed by atoms with Crippen LogP contribution in [0.3, 0.4) is 0 Å². The molecule has 0 aliphatic carbocycles. The van der Waals surface area contributed by atoms with E-state index in [1.54, 1.807) is 11.0 Å². The van der Waals surface area contributed by atoms with Crippen LogP contribution >= 0.6 is 34.5 Å². The summed E-state index contributed by atoms with van der Waals surface area (Å²) in [6.45, 7) is -0.330. The number of hydrogen-bond acceptors (Lipinski definition) is 5. The molecule has 1 aromatic carbocycles. The van der Waals surface area contributed by atoms with Crippen molar-refractivity contribution in [1.82, 2.24) is 10.2 Å². The molecule has 2 aromatic rings. The number of benzene rings is 1. The minimum atomic E-state index is -4.80. The number of nitrogens with zero attached hydrogens (tertiary/aromatic N) is 2. The van der Waals surface area contributed by atoms with Gasteiger partial charge in [-0.05, 0) is 29.8 Å². The van der Waals surface area contributed by atoms with E-state index < -0.39 is 37.1 Å². The second kappa shape index (κ2) is 8.35. The monoisotopic (exact) mass is 513 g/mol. The number of amidine groups is 1. The highest BCUT2D eigenvalue weighted by Gasteiger charge is 2.63. The molecule has 2 aliphatic heterocycles. The fourth-order valence-electron chi connectivity index (χ4n) is 3.57. The largest absolute Gasteiger partial charge is 0.435 e. The summed E-state index contributed by atoms with van der Waals surface area (Å²) in [5.74, 6) is -0.530. The molecule has 172 valence electrons. The molecule has 0 spiro atoms. The van der Waals surface area contributed by atoms with E-state index in [0.29, 0.717) is 0 Å². The van der Waals surface area contributed by atoms with E-state index in [0.717, 1.165) is 33.9 Å². The van der Waals surface area contributed by atoms with Crippen LogP contribution in [0.4, 0.5) is 22.0 Å². The minimum absolute atomic E-state index is 0.0363. The summed E-state index contributed by atoms with van der Waals surface area (Å²) < 4.78 is 66.8. The smallest absolute Gasteiger partial charge is 0.372 e. The summed E-state index contributed by atoms with van der Waals surface area (Å²) in [6, 6.07) is 5.15. The fraction of sp³-hybridized carbons (Fsp3) is 0.368. The second-order valence-corrected chi connectivity index (χ2v) is 9.28. The molecule has 0 saturated carbocycles. The second-order valence-electron chi connectivity index (χ2n) is 7.27. The van der Waals surface area contributed by atoms with E-state index in [1.807, 2.05) is 0 Å². The van der Waals surface area contributed by atoms with Crippen molar-refractivity contribution >= 4 is 46.3 Å². The van der Waals surface area contributed by atoms with Crippen LogP contribution in [0.25, 0.3) is 0 Å². The number of nitrogens with one attached hydrogen (secondary N) is 1. The Hall–Kier alpha value is -2.11. The summed E-state index contributed by atoms with van der Waals surface area (Å²) in [4.78, 5) is 19.6. The van der Waals surface area contributed by atoms with Crippen LogP contribution < -0.4 is 5.32 Å². The van der Waals surface area contributed by atoms with Crippen molar-refractivity contribution in [2.45, 2.75) is 37.7 Å². The SMILES string of the molecule is O=C(NCC(F)F)c1cc2c(s1)CN(C1=NOC(c3cc(Cl)cc(Cl)c3)(C(F)(F)F)C1)C2. The lowest BCUT2D eigenvalue weighted by molar-refractivity contribution is -0.275. The molecule has 1 atom stereocenters. The molecule has 1 unspecified atom stereocenters. The topological polar surface area (TPSA) is 53.9 Å². The van der Waals surface area contributed by atoms with Gasteiger partial charge in [0.15, 0.2) is 0 Å². The first-order valence-corrected chi connectivity index (χ1v) is 10.8. The number of oxime groups is 1. The first kappa shape index (κ1) is 23.1.